The van der Waals surface area contributed by atoms with Crippen LogP contribution in [0.4, 0.5) is 14.5 Å². The topological polar surface area (TPSA) is 104 Å². The predicted molar refractivity (Wildman–Crippen MR) is 103 cm³/mol. The number of hydrogen-bond acceptors (Lipinski definition) is 4. The summed E-state index contributed by atoms with van der Waals surface area (Å²) >= 11 is 0. The molecule has 9 heteroatoms. The molecule has 0 saturated carbocycles. The van der Waals surface area contributed by atoms with Crippen molar-refractivity contribution in [3.8, 4) is 0 Å². The van der Waals surface area contributed by atoms with E-state index in [4.69, 9.17) is 0 Å². The van der Waals surface area contributed by atoms with Crippen molar-refractivity contribution < 1.29 is 28.6 Å². The molecule has 2 aromatic rings. The van der Waals surface area contributed by atoms with Gasteiger partial charge in [0, 0.05) is 24.5 Å². The molecule has 2 amide bonds. The fraction of sp³-hybridized carbons (Fsp3) is 0.400. The summed E-state index contributed by atoms with van der Waals surface area (Å²) < 4.78 is 28.0. The second kappa shape index (κ2) is 8.30. The maximum atomic E-state index is 13.4. The fourth-order valence-electron chi connectivity index (χ4n) is 3.06. The number of aliphatic hydroxyl groups excluding tert-OH is 2. The highest BCUT2D eigenvalue weighted by Crippen LogP contribution is 2.28. The molecule has 0 aliphatic carbocycles. The number of rotatable bonds is 6. The summed E-state index contributed by atoms with van der Waals surface area (Å²) in [7, 11) is 1.60. The van der Waals surface area contributed by atoms with Crippen molar-refractivity contribution in [2.45, 2.75) is 39.3 Å². The quantitative estimate of drug-likeness (QED) is 0.587. The largest absolute Gasteiger partial charge is 0.394 e. The van der Waals surface area contributed by atoms with Gasteiger partial charge in [0.05, 0.1) is 23.4 Å². The number of halogens is 2. The van der Waals surface area contributed by atoms with E-state index in [2.05, 4.69) is 10.6 Å². The molecule has 0 spiro atoms. The molecule has 1 atom stereocenters. The molecule has 0 bridgehead atoms. The van der Waals surface area contributed by atoms with Crippen molar-refractivity contribution in [2.75, 3.05) is 11.9 Å². The summed E-state index contributed by atoms with van der Waals surface area (Å²) in [6, 6.07) is 2.99. The van der Waals surface area contributed by atoms with E-state index in [0.29, 0.717) is 11.3 Å². The Bertz CT molecular complexity index is 954. The first-order valence-electron chi connectivity index (χ1n) is 8.92. The molecule has 1 heterocycles. The van der Waals surface area contributed by atoms with Crippen LogP contribution in [-0.4, -0.2) is 38.7 Å². The van der Waals surface area contributed by atoms with Gasteiger partial charge in [-0.2, -0.15) is 0 Å². The fourth-order valence-corrected chi connectivity index (χ4v) is 3.06. The van der Waals surface area contributed by atoms with Crippen LogP contribution in [0, 0.1) is 25.5 Å². The van der Waals surface area contributed by atoms with Gasteiger partial charge in [-0.15, -0.1) is 0 Å². The number of hydrogen-bond donors (Lipinski definition) is 4. The maximum Gasteiger partial charge on any atom is 0.257 e. The molecular weight excluding hydrogens is 384 g/mol. The van der Waals surface area contributed by atoms with Crippen LogP contribution in [0.5, 0.6) is 0 Å². The molecule has 7 nitrogen and oxygen atoms in total. The van der Waals surface area contributed by atoms with Crippen LogP contribution < -0.4 is 10.6 Å². The van der Waals surface area contributed by atoms with E-state index < -0.39 is 35.1 Å². The number of carbonyl (C=O) groups is 2. The summed E-state index contributed by atoms with van der Waals surface area (Å²) in [4.78, 5) is 25.1. The molecule has 0 saturated heterocycles. The van der Waals surface area contributed by atoms with E-state index in [0.717, 1.165) is 12.1 Å². The zero-order valence-electron chi connectivity index (χ0n) is 16.9. The van der Waals surface area contributed by atoms with Crippen molar-refractivity contribution in [2.24, 2.45) is 7.05 Å². The van der Waals surface area contributed by atoms with Crippen LogP contribution in [0.1, 0.15) is 47.3 Å². The Morgan fingerprint density at radius 3 is 2.38 bits per heavy atom. The molecule has 158 valence electrons. The average Bonchev–Trinajstić information content (AvgIpc) is 2.86. The third-order valence-electron chi connectivity index (χ3n) is 4.75. The minimum absolute atomic E-state index is 0.0705. The number of carbonyl (C=O) groups excluding carboxylic acids is 2. The second-order valence-corrected chi connectivity index (χ2v) is 7.55. The second-order valence-electron chi connectivity index (χ2n) is 7.55. The first kappa shape index (κ1) is 22.5. The van der Waals surface area contributed by atoms with Gasteiger partial charge >= 0.3 is 0 Å². The maximum absolute atomic E-state index is 13.4. The van der Waals surface area contributed by atoms with Crippen LogP contribution in [0.15, 0.2) is 18.2 Å². The lowest BCUT2D eigenvalue weighted by atomic mass is 10.0. The third kappa shape index (κ3) is 4.63. The Hall–Kier alpha value is -2.78. The van der Waals surface area contributed by atoms with Gasteiger partial charge < -0.3 is 25.4 Å². The highest BCUT2D eigenvalue weighted by molar-refractivity contribution is 6.06. The van der Waals surface area contributed by atoms with E-state index in [-0.39, 0.29) is 23.6 Å². The van der Waals surface area contributed by atoms with Gasteiger partial charge in [-0.1, -0.05) is 0 Å². The van der Waals surface area contributed by atoms with Gasteiger partial charge in [0.2, 0.25) is 0 Å². The van der Waals surface area contributed by atoms with Crippen LogP contribution in [0.2, 0.25) is 0 Å². The van der Waals surface area contributed by atoms with Crippen molar-refractivity contribution in [3.63, 3.8) is 0 Å². The number of benzene rings is 1. The van der Waals surface area contributed by atoms with E-state index >= 15 is 0 Å². The number of nitrogens with one attached hydrogen (secondary N) is 2. The van der Waals surface area contributed by atoms with Crippen molar-refractivity contribution in [3.05, 3.63) is 52.3 Å². The smallest absolute Gasteiger partial charge is 0.257 e. The van der Waals surface area contributed by atoms with Gasteiger partial charge in [-0.25, -0.2) is 8.78 Å². The summed E-state index contributed by atoms with van der Waals surface area (Å²) in [6.45, 7) is 6.09. The lowest BCUT2D eigenvalue weighted by molar-refractivity contribution is -0.132. The zero-order valence-corrected chi connectivity index (χ0v) is 16.9. The number of aromatic nitrogens is 1. The number of amides is 2. The van der Waals surface area contributed by atoms with Crippen LogP contribution >= 0.6 is 0 Å². The number of aliphatic hydroxyl groups is 2. The van der Waals surface area contributed by atoms with Crippen LogP contribution in [0.3, 0.4) is 0 Å². The van der Waals surface area contributed by atoms with Gasteiger partial charge in [-0.3, -0.25) is 9.59 Å². The summed E-state index contributed by atoms with van der Waals surface area (Å²) in [6.07, 6.45) is -1.57. The lowest BCUT2D eigenvalue weighted by Crippen LogP contribution is -2.48. The average molecular weight is 409 g/mol. The molecule has 0 radical (unpaired) electrons. The van der Waals surface area contributed by atoms with Gasteiger partial charge in [0.15, 0.2) is 17.7 Å². The van der Waals surface area contributed by atoms with E-state index in [1.54, 1.807) is 34.7 Å². The third-order valence-corrected chi connectivity index (χ3v) is 4.75. The standard InChI is InChI=1S/C20H25F2N3O4/c1-10-15(18(28)23-12-6-7-13(21)14(22)8-12)11(2)25(5)16(10)17(27)19(29)24-20(3,4)9-26/h6-8,17,26-27H,9H2,1-5H3,(H,23,28)(H,24,29). The van der Waals surface area contributed by atoms with Crippen LogP contribution in [-0.2, 0) is 11.8 Å². The predicted octanol–water partition coefficient (Wildman–Crippen LogP) is 2.09. The first-order valence-corrected chi connectivity index (χ1v) is 8.92. The summed E-state index contributed by atoms with van der Waals surface area (Å²) in [5.41, 5.74) is 0.408. The van der Waals surface area contributed by atoms with E-state index in [9.17, 15) is 28.6 Å². The van der Waals surface area contributed by atoms with Gasteiger partial charge in [0.1, 0.15) is 0 Å². The monoisotopic (exact) mass is 409 g/mol. The minimum Gasteiger partial charge on any atom is -0.394 e. The molecule has 1 aromatic heterocycles. The Morgan fingerprint density at radius 2 is 1.83 bits per heavy atom. The van der Waals surface area contributed by atoms with E-state index in [1.807, 2.05) is 0 Å². The van der Waals surface area contributed by atoms with E-state index in [1.165, 1.54) is 10.6 Å². The van der Waals surface area contributed by atoms with Gasteiger partial charge in [0.25, 0.3) is 11.8 Å². The normalized spacial score (nSPS) is 12.6. The Labute approximate surface area is 167 Å². The summed E-state index contributed by atoms with van der Waals surface area (Å²) in [5, 5.41) is 24.9. The van der Waals surface area contributed by atoms with Gasteiger partial charge in [-0.05, 0) is 45.4 Å². The first-order chi connectivity index (χ1) is 13.4. The Kier molecular flexibility index (Phi) is 6.44. The molecule has 0 aliphatic rings. The number of anilines is 1. The number of nitrogens with zero attached hydrogens (tertiary/aromatic N) is 1. The molecular formula is C20H25F2N3O4. The molecule has 4 N–H and O–H groups in total. The molecule has 0 fully saturated rings. The van der Waals surface area contributed by atoms with Crippen molar-refractivity contribution in [1.82, 2.24) is 9.88 Å². The Morgan fingerprint density at radius 1 is 1.21 bits per heavy atom. The highest BCUT2D eigenvalue weighted by atomic mass is 19.2. The summed E-state index contributed by atoms with van der Waals surface area (Å²) in [5.74, 6) is -3.43. The Balaban J connectivity index is 2.35. The van der Waals surface area contributed by atoms with Crippen molar-refractivity contribution in [1.29, 1.82) is 0 Å². The highest BCUT2D eigenvalue weighted by Gasteiger charge is 2.31. The van der Waals surface area contributed by atoms with Crippen LogP contribution in [0.25, 0.3) is 0 Å². The molecule has 2 rings (SSSR count). The lowest BCUT2D eigenvalue weighted by Gasteiger charge is -2.25. The SMILES string of the molecule is Cc1c(C(=O)Nc2ccc(F)c(F)c2)c(C)n(C)c1C(O)C(=O)NC(C)(C)CO. The molecule has 1 unspecified atom stereocenters. The molecule has 29 heavy (non-hydrogen) atoms. The minimum atomic E-state index is -1.57. The molecule has 0 aliphatic heterocycles. The zero-order chi connectivity index (χ0) is 22.1. The molecule has 1 aromatic carbocycles. The van der Waals surface area contributed by atoms with Crippen molar-refractivity contribution >= 4 is 17.5 Å².